The topological polar surface area (TPSA) is 49.3 Å². The lowest BCUT2D eigenvalue weighted by molar-refractivity contribution is 0.102. The molecule has 106 valence electrons. The Kier molecular flexibility index (Phi) is 4.76. The Morgan fingerprint density at radius 1 is 1.10 bits per heavy atom. The first-order chi connectivity index (χ1) is 10.1. The van der Waals surface area contributed by atoms with Crippen molar-refractivity contribution in [2.24, 2.45) is 0 Å². The van der Waals surface area contributed by atoms with Gasteiger partial charge in [-0.1, -0.05) is 35.6 Å². The van der Waals surface area contributed by atoms with Crippen molar-refractivity contribution in [2.45, 2.75) is 13.8 Å². The third-order valence-corrected chi connectivity index (χ3v) is 3.04. The second kappa shape index (κ2) is 6.74. The molecule has 0 saturated heterocycles. The van der Waals surface area contributed by atoms with E-state index in [1.807, 2.05) is 44.2 Å². The number of aliphatic hydroxyl groups excluding tert-OH is 1. The fourth-order valence-corrected chi connectivity index (χ4v) is 1.90. The molecule has 0 heterocycles. The van der Waals surface area contributed by atoms with Gasteiger partial charge in [0.2, 0.25) is 0 Å². The molecule has 3 heteroatoms. The van der Waals surface area contributed by atoms with Gasteiger partial charge in [0.15, 0.2) is 0 Å². The number of hydrogen-bond acceptors (Lipinski definition) is 2. The SMILES string of the molecule is Cc1ccc(C(=O)Nc2ccc(C)cc2C#CCO)cc1. The Morgan fingerprint density at radius 3 is 2.43 bits per heavy atom. The molecule has 2 rings (SSSR count). The third kappa shape index (κ3) is 3.95. The van der Waals surface area contributed by atoms with Crippen molar-refractivity contribution < 1.29 is 9.90 Å². The molecule has 3 nitrogen and oxygen atoms in total. The molecule has 0 aliphatic carbocycles. The molecule has 0 bridgehead atoms. The Balaban J connectivity index is 2.26. The van der Waals surface area contributed by atoms with Gasteiger partial charge in [-0.25, -0.2) is 0 Å². The number of nitrogens with one attached hydrogen (secondary N) is 1. The van der Waals surface area contributed by atoms with Crippen molar-refractivity contribution >= 4 is 11.6 Å². The van der Waals surface area contributed by atoms with Gasteiger partial charge in [-0.2, -0.15) is 0 Å². The zero-order valence-electron chi connectivity index (χ0n) is 12.1. The summed E-state index contributed by atoms with van der Waals surface area (Å²) < 4.78 is 0. The average Bonchev–Trinajstić information content (AvgIpc) is 2.48. The summed E-state index contributed by atoms with van der Waals surface area (Å²) in [5, 5.41) is 11.7. The first-order valence-corrected chi connectivity index (χ1v) is 6.68. The number of rotatable bonds is 2. The Labute approximate surface area is 124 Å². The van der Waals surface area contributed by atoms with Crippen LogP contribution in [0.3, 0.4) is 0 Å². The van der Waals surface area contributed by atoms with Gasteiger partial charge in [-0.3, -0.25) is 4.79 Å². The minimum Gasteiger partial charge on any atom is -0.384 e. The number of carbonyl (C=O) groups excluding carboxylic acids is 1. The minimum absolute atomic E-state index is 0.175. The van der Waals surface area contributed by atoms with Gasteiger partial charge in [0.1, 0.15) is 6.61 Å². The highest BCUT2D eigenvalue weighted by atomic mass is 16.2. The lowest BCUT2D eigenvalue weighted by atomic mass is 10.1. The zero-order valence-corrected chi connectivity index (χ0v) is 12.1. The molecule has 0 aliphatic heterocycles. The van der Waals surface area contributed by atoms with Crippen LogP contribution in [-0.4, -0.2) is 17.6 Å². The Morgan fingerprint density at radius 2 is 1.76 bits per heavy atom. The monoisotopic (exact) mass is 279 g/mol. The summed E-state index contributed by atoms with van der Waals surface area (Å²) in [6.07, 6.45) is 0. The van der Waals surface area contributed by atoms with E-state index in [0.29, 0.717) is 16.8 Å². The van der Waals surface area contributed by atoms with E-state index in [0.717, 1.165) is 11.1 Å². The van der Waals surface area contributed by atoms with E-state index in [1.54, 1.807) is 12.1 Å². The average molecular weight is 279 g/mol. The molecule has 0 unspecified atom stereocenters. The number of aliphatic hydroxyl groups is 1. The number of aryl methyl sites for hydroxylation is 2. The van der Waals surface area contributed by atoms with Crippen LogP contribution in [0.1, 0.15) is 27.0 Å². The van der Waals surface area contributed by atoms with Crippen molar-refractivity contribution in [3.05, 3.63) is 64.7 Å². The third-order valence-electron chi connectivity index (χ3n) is 3.04. The largest absolute Gasteiger partial charge is 0.384 e. The van der Waals surface area contributed by atoms with Crippen LogP contribution < -0.4 is 5.32 Å². The second-order valence-corrected chi connectivity index (χ2v) is 4.83. The summed E-state index contributed by atoms with van der Waals surface area (Å²) in [6, 6.07) is 13.0. The molecular weight excluding hydrogens is 262 g/mol. The lowest BCUT2D eigenvalue weighted by Gasteiger charge is -2.09. The normalized spacial score (nSPS) is 9.67. The van der Waals surface area contributed by atoms with Crippen molar-refractivity contribution in [1.29, 1.82) is 0 Å². The molecule has 0 saturated carbocycles. The fourth-order valence-electron chi connectivity index (χ4n) is 1.90. The van der Waals surface area contributed by atoms with Crippen LogP contribution in [0.15, 0.2) is 42.5 Å². The van der Waals surface area contributed by atoms with Gasteiger partial charge >= 0.3 is 0 Å². The van der Waals surface area contributed by atoms with Crippen LogP contribution in [-0.2, 0) is 0 Å². The van der Waals surface area contributed by atoms with E-state index in [1.165, 1.54) is 0 Å². The molecule has 2 N–H and O–H groups in total. The standard InChI is InChI=1S/C18H17NO2/c1-13-5-8-15(9-6-13)18(21)19-17-10-7-14(2)12-16(17)4-3-11-20/h5-10,12,20H,11H2,1-2H3,(H,19,21). The van der Waals surface area contributed by atoms with Gasteiger partial charge in [0.05, 0.1) is 5.69 Å². The van der Waals surface area contributed by atoms with Crippen LogP contribution in [0.5, 0.6) is 0 Å². The van der Waals surface area contributed by atoms with Crippen molar-refractivity contribution in [1.82, 2.24) is 0 Å². The summed E-state index contributed by atoms with van der Waals surface area (Å²) in [5.41, 5.74) is 4.10. The van der Waals surface area contributed by atoms with E-state index in [-0.39, 0.29) is 12.5 Å². The van der Waals surface area contributed by atoms with E-state index < -0.39 is 0 Å². The summed E-state index contributed by atoms with van der Waals surface area (Å²) in [6.45, 7) is 3.72. The minimum atomic E-state index is -0.209. The van der Waals surface area contributed by atoms with E-state index >= 15 is 0 Å². The van der Waals surface area contributed by atoms with Gasteiger partial charge in [-0.15, -0.1) is 0 Å². The highest BCUT2D eigenvalue weighted by Gasteiger charge is 2.08. The maximum absolute atomic E-state index is 12.2. The first kappa shape index (κ1) is 14.8. The molecule has 0 aromatic heterocycles. The summed E-state index contributed by atoms with van der Waals surface area (Å²) >= 11 is 0. The number of hydrogen-bond donors (Lipinski definition) is 2. The molecule has 0 radical (unpaired) electrons. The van der Waals surface area contributed by atoms with E-state index in [9.17, 15) is 4.79 Å². The molecule has 0 spiro atoms. The van der Waals surface area contributed by atoms with E-state index in [2.05, 4.69) is 17.2 Å². The fraction of sp³-hybridized carbons (Fsp3) is 0.167. The van der Waals surface area contributed by atoms with E-state index in [4.69, 9.17) is 5.11 Å². The second-order valence-electron chi connectivity index (χ2n) is 4.83. The van der Waals surface area contributed by atoms with Gasteiger partial charge in [0, 0.05) is 11.1 Å². The quantitative estimate of drug-likeness (QED) is 0.830. The summed E-state index contributed by atoms with van der Waals surface area (Å²) in [7, 11) is 0. The Hall–Kier alpha value is -2.57. The predicted octanol–water partition coefficient (Wildman–Crippen LogP) is 2.90. The number of anilines is 1. The van der Waals surface area contributed by atoms with Crippen LogP contribution in [0.4, 0.5) is 5.69 Å². The number of amides is 1. The number of benzene rings is 2. The van der Waals surface area contributed by atoms with Gasteiger partial charge in [0.25, 0.3) is 5.91 Å². The van der Waals surface area contributed by atoms with Crippen LogP contribution in [0.2, 0.25) is 0 Å². The Bertz CT molecular complexity index is 706. The highest BCUT2D eigenvalue weighted by Crippen LogP contribution is 2.17. The van der Waals surface area contributed by atoms with Crippen molar-refractivity contribution in [2.75, 3.05) is 11.9 Å². The molecule has 0 fully saturated rings. The molecule has 0 aliphatic rings. The summed E-state index contributed by atoms with van der Waals surface area (Å²) in [5.74, 6) is 5.29. The van der Waals surface area contributed by atoms with Crippen LogP contribution >= 0.6 is 0 Å². The summed E-state index contributed by atoms with van der Waals surface area (Å²) in [4.78, 5) is 12.2. The molecule has 2 aromatic carbocycles. The smallest absolute Gasteiger partial charge is 0.255 e. The van der Waals surface area contributed by atoms with Crippen molar-refractivity contribution in [3.8, 4) is 11.8 Å². The maximum Gasteiger partial charge on any atom is 0.255 e. The molecular formula is C18H17NO2. The zero-order chi connectivity index (χ0) is 15.2. The van der Waals surface area contributed by atoms with Gasteiger partial charge in [-0.05, 0) is 43.7 Å². The number of carbonyl (C=O) groups is 1. The molecule has 0 atom stereocenters. The first-order valence-electron chi connectivity index (χ1n) is 6.68. The maximum atomic E-state index is 12.2. The molecule has 2 aromatic rings. The van der Waals surface area contributed by atoms with Crippen LogP contribution in [0.25, 0.3) is 0 Å². The van der Waals surface area contributed by atoms with Crippen molar-refractivity contribution in [3.63, 3.8) is 0 Å². The molecule has 21 heavy (non-hydrogen) atoms. The van der Waals surface area contributed by atoms with Gasteiger partial charge < -0.3 is 10.4 Å². The van der Waals surface area contributed by atoms with Crippen LogP contribution in [0, 0.1) is 25.7 Å². The highest BCUT2D eigenvalue weighted by molar-refractivity contribution is 6.05. The predicted molar refractivity (Wildman–Crippen MR) is 84.3 cm³/mol. The lowest BCUT2D eigenvalue weighted by Crippen LogP contribution is -2.12. The molecule has 1 amide bonds.